The molecular weight excluding hydrogens is 837 g/mol. The first-order chi connectivity index (χ1) is 31.6. The van der Waals surface area contributed by atoms with E-state index in [0.29, 0.717) is 13.0 Å². The fourth-order valence-electron chi connectivity index (χ4n) is 7.70. The van der Waals surface area contributed by atoms with Crippen LogP contribution in [0.2, 0.25) is 0 Å². The topological polar surface area (TPSA) is 214 Å². The first-order valence-corrected chi connectivity index (χ1v) is 25.2. The molecule has 0 spiro atoms. The van der Waals surface area contributed by atoms with Gasteiger partial charge in [0.2, 0.25) is 0 Å². The zero-order valence-corrected chi connectivity index (χ0v) is 40.0. The molecule has 2 rings (SSSR count). The van der Waals surface area contributed by atoms with E-state index < -0.39 is 80.7 Å². The van der Waals surface area contributed by atoms with Gasteiger partial charge in [-0.3, -0.25) is 4.79 Å². The van der Waals surface area contributed by atoms with Gasteiger partial charge in [-0.2, -0.15) is 0 Å². The Balaban J connectivity index is 1.78. The molecule has 2 fully saturated rings. The van der Waals surface area contributed by atoms with Gasteiger partial charge in [0, 0.05) is 13.0 Å². The molecule has 14 nitrogen and oxygen atoms in total. The summed E-state index contributed by atoms with van der Waals surface area (Å²) in [6.45, 7) is 3.53. The average molecular weight is 927 g/mol. The van der Waals surface area contributed by atoms with Crippen molar-refractivity contribution in [2.24, 2.45) is 0 Å². The summed E-state index contributed by atoms with van der Waals surface area (Å²) in [4.78, 5) is 13.0. The molecule has 0 aromatic rings. The number of carbonyl (C=O) groups is 1. The normalized spacial score (nSPS) is 26.9. The van der Waals surface area contributed by atoms with Gasteiger partial charge in [0.25, 0.3) is 0 Å². The van der Waals surface area contributed by atoms with E-state index in [1.165, 1.54) is 64.2 Å². The molecule has 0 aliphatic carbocycles. The van der Waals surface area contributed by atoms with E-state index in [-0.39, 0.29) is 25.6 Å². The molecule has 2 aliphatic rings. The third kappa shape index (κ3) is 26.9. The fraction of sp³-hybridized carbons (Fsp3) is 0.824. The molecule has 11 atom stereocenters. The van der Waals surface area contributed by atoms with Gasteiger partial charge < -0.3 is 64.2 Å². The summed E-state index contributed by atoms with van der Waals surface area (Å²) in [5.74, 6) is -0.390. The van der Waals surface area contributed by atoms with Crippen LogP contribution in [0.5, 0.6) is 0 Å². The standard InChI is InChI=1S/C51H90O14/c1-3-5-7-9-11-13-15-17-19-20-21-22-24-26-28-30-32-34-43(53)63-40(37-60-35-33-31-29-27-25-23-18-16-14-12-10-8-6-4-2)38-61-50-49(59)47(57)45(55)42(65-50)39-62-51-48(58)46(56)44(54)41(36-52)64-51/h5,7,11,13-14,16-17,19,40-42,44-52,54-59H,3-4,6,8-10,12,15,18,20-39H2,1-2H3/b7-5-,13-11-,16-14-,19-17-. The van der Waals surface area contributed by atoms with Crippen LogP contribution in [0, 0.1) is 0 Å². The maximum Gasteiger partial charge on any atom is 0.306 e. The molecule has 2 aliphatic heterocycles. The third-order valence-electron chi connectivity index (χ3n) is 11.8. The number of hydrogen-bond donors (Lipinski definition) is 7. The summed E-state index contributed by atoms with van der Waals surface area (Å²) < 4.78 is 34.2. The van der Waals surface area contributed by atoms with Crippen LogP contribution in [0.1, 0.15) is 168 Å². The molecule has 65 heavy (non-hydrogen) atoms. The number of esters is 1. The van der Waals surface area contributed by atoms with Crippen molar-refractivity contribution in [2.45, 2.75) is 235 Å². The van der Waals surface area contributed by atoms with E-state index in [1.807, 2.05) is 0 Å². The minimum Gasteiger partial charge on any atom is -0.457 e. The number of rotatable bonds is 39. The lowest BCUT2D eigenvalue weighted by Crippen LogP contribution is -2.61. The van der Waals surface area contributed by atoms with E-state index in [1.54, 1.807) is 0 Å². The van der Waals surface area contributed by atoms with E-state index in [2.05, 4.69) is 62.5 Å². The number of allylic oxidation sites excluding steroid dienone is 8. The van der Waals surface area contributed by atoms with Crippen LogP contribution in [0.3, 0.4) is 0 Å². The van der Waals surface area contributed by atoms with Gasteiger partial charge in [-0.05, 0) is 70.6 Å². The molecule has 0 aromatic heterocycles. The average Bonchev–Trinajstić information content (AvgIpc) is 3.30. The fourth-order valence-corrected chi connectivity index (χ4v) is 7.70. The van der Waals surface area contributed by atoms with Crippen LogP contribution in [0.4, 0.5) is 0 Å². The second kappa shape index (κ2) is 38.9. The number of carbonyl (C=O) groups excluding carboxylic acids is 1. The minimum absolute atomic E-state index is 0.0523. The zero-order valence-electron chi connectivity index (χ0n) is 40.0. The van der Waals surface area contributed by atoms with Crippen LogP contribution in [-0.4, -0.2) is 142 Å². The molecular formula is C51H90O14. The predicted molar refractivity (Wildman–Crippen MR) is 252 cm³/mol. The van der Waals surface area contributed by atoms with E-state index in [4.69, 9.17) is 28.4 Å². The summed E-state index contributed by atoms with van der Waals surface area (Å²) in [7, 11) is 0. The van der Waals surface area contributed by atoms with Crippen LogP contribution in [-0.2, 0) is 33.2 Å². The second-order valence-electron chi connectivity index (χ2n) is 17.6. The highest BCUT2D eigenvalue weighted by Gasteiger charge is 2.47. The quantitative estimate of drug-likeness (QED) is 0.0185. The Labute approximate surface area is 391 Å². The number of unbranched alkanes of at least 4 members (excludes halogenated alkanes) is 17. The van der Waals surface area contributed by atoms with Gasteiger partial charge in [0.05, 0.1) is 26.4 Å². The maximum absolute atomic E-state index is 13.0. The summed E-state index contributed by atoms with van der Waals surface area (Å²) in [5.41, 5.74) is 0. The number of aliphatic hydroxyl groups is 7. The molecule has 2 saturated heterocycles. The monoisotopic (exact) mass is 927 g/mol. The summed E-state index contributed by atoms with van der Waals surface area (Å²) in [5, 5.41) is 72.1. The van der Waals surface area contributed by atoms with Gasteiger partial charge in [-0.1, -0.05) is 140 Å². The van der Waals surface area contributed by atoms with Crippen molar-refractivity contribution in [3.8, 4) is 0 Å². The van der Waals surface area contributed by atoms with Crippen molar-refractivity contribution in [3.05, 3.63) is 48.6 Å². The van der Waals surface area contributed by atoms with Gasteiger partial charge >= 0.3 is 5.97 Å². The molecule has 0 aromatic carbocycles. The molecule has 14 heteroatoms. The Morgan fingerprint density at radius 3 is 1.58 bits per heavy atom. The first kappa shape index (κ1) is 59.1. The van der Waals surface area contributed by atoms with E-state index >= 15 is 0 Å². The van der Waals surface area contributed by atoms with Crippen LogP contribution < -0.4 is 0 Å². The summed E-state index contributed by atoms with van der Waals surface area (Å²) in [6.07, 6.45) is 27.4. The molecule has 0 bridgehead atoms. The maximum atomic E-state index is 13.0. The van der Waals surface area contributed by atoms with Crippen LogP contribution in [0.25, 0.3) is 0 Å². The Hall–Kier alpha value is -2.05. The zero-order chi connectivity index (χ0) is 47.3. The largest absolute Gasteiger partial charge is 0.457 e. The predicted octanol–water partition coefficient (Wildman–Crippen LogP) is 7.18. The Morgan fingerprint density at radius 1 is 0.523 bits per heavy atom. The lowest BCUT2D eigenvalue weighted by molar-refractivity contribution is -0.332. The highest BCUT2D eigenvalue weighted by Crippen LogP contribution is 2.26. The number of hydrogen-bond acceptors (Lipinski definition) is 14. The van der Waals surface area contributed by atoms with E-state index in [0.717, 1.165) is 77.0 Å². The van der Waals surface area contributed by atoms with Crippen LogP contribution in [0.15, 0.2) is 48.6 Å². The van der Waals surface area contributed by atoms with Gasteiger partial charge in [0.15, 0.2) is 12.6 Å². The number of aliphatic hydroxyl groups excluding tert-OH is 7. The minimum atomic E-state index is -1.71. The lowest BCUT2D eigenvalue weighted by Gasteiger charge is -2.42. The number of ether oxygens (including phenoxy) is 6. The molecule has 11 unspecified atom stereocenters. The Kier molecular flexibility index (Phi) is 35.3. The molecule has 2 heterocycles. The van der Waals surface area contributed by atoms with Crippen molar-refractivity contribution in [1.82, 2.24) is 0 Å². The van der Waals surface area contributed by atoms with Crippen LogP contribution >= 0.6 is 0 Å². The third-order valence-corrected chi connectivity index (χ3v) is 11.8. The highest BCUT2D eigenvalue weighted by molar-refractivity contribution is 5.69. The molecule has 7 N–H and O–H groups in total. The summed E-state index contributed by atoms with van der Waals surface area (Å²) in [6, 6.07) is 0. The molecule has 0 radical (unpaired) electrons. The van der Waals surface area contributed by atoms with Crippen molar-refractivity contribution in [3.63, 3.8) is 0 Å². The molecule has 0 amide bonds. The first-order valence-electron chi connectivity index (χ1n) is 25.2. The van der Waals surface area contributed by atoms with Gasteiger partial charge in [-0.15, -0.1) is 0 Å². The second-order valence-corrected chi connectivity index (χ2v) is 17.6. The Bertz CT molecular complexity index is 1260. The van der Waals surface area contributed by atoms with Gasteiger partial charge in [-0.25, -0.2) is 0 Å². The van der Waals surface area contributed by atoms with Crippen molar-refractivity contribution in [2.75, 3.05) is 33.0 Å². The van der Waals surface area contributed by atoms with Crippen molar-refractivity contribution < 1.29 is 69.0 Å². The molecule has 378 valence electrons. The molecule has 0 saturated carbocycles. The SMILES string of the molecule is CC/C=C\C/C=C\C/C=C\CCCCCCCCCC(=O)OC(COCCCCCCCC/C=C\CCCCCC)COC1OC(COC2OC(CO)C(O)C(O)C2O)C(O)C(O)C1O. The van der Waals surface area contributed by atoms with E-state index in [9.17, 15) is 40.5 Å². The van der Waals surface area contributed by atoms with Crippen molar-refractivity contribution >= 4 is 5.97 Å². The Morgan fingerprint density at radius 2 is 1.00 bits per heavy atom. The van der Waals surface area contributed by atoms with Gasteiger partial charge in [0.1, 0.15) is 54.9 Å². The van der Waals surface area contributed by atoms with Crippen molar-refractivity contribution in [1.29, 1.82) is 0 Å². The summed E-state index contributed by atoms with van der Waals surface area (Å²) >= 11 is 0. The smallest absolute Gasteiger partial charge is 0.306 e. The lowest BCUT2D eigenvalue weighted by atomic mass is 9.98. The highest BCUT2D eigenvalue weighted by atomic mass is 16.7.